The fraction of sp³-hybridized carbons (Fsp3) is 0.889. The van der Waals surface area contributed by atoms with Gasteiger partial charge in [-0.1, -0.05) is 26.7 Å². The van der Waals surface area contributed by atoms with Crippen LogP contribution in [0.4, 0.5) is 0 Å². The van der Waals surface area contributed by atoms with E-state index in [2.05, 4.69) is 13.8 Å². The first-order valence-corrected chi connectivity index (χ1v) is 6.01. The van der Waals surface area contributed by atoms with E-state index in [0.717, 1.165) is 25.7 Å². The minimum Gasteiger partial charge on any atom is -0.455 e. The molecule has 0 radical (unpaired) electrons. The molecule has 72 valence electrons. The monoisotopic (exact) mass is 284 g/mol. The lowest BCUT2D eigenvalue weighted by atomic mass is 9.99. The molecule has 0 amide bonds. The largest absolute Gasteiger partial charge is 0.455 e. The van der Waals surface area contributed by atoms with E-state index in [1.807, 2.05) is 22.6 Å². The second kappa shape index (κ2) is 7.83. The van der Waals surface area contributed by atoms with Crippen molar-refractivity contribution in [2.45, 2.75) is 39.5 Å². The van der Waals surface area contributed by atoms with Gasteiger partial charge in [-0.25, -0.2) is 0 Å². The van der Waals surface area contributed by atoms with Gasteiger partial charge in [0.05, 0.1) is 5.92 Å². The van der Waals surface area contributed by atoms with Gasteiger partial charge in [0.15, 0.2) is 0 Å². The highest BCUT2D eigenvalue weighted by molar-refractivity contribution is 14.1. The molecule has 0 rings (SSSR count). The van der Waals surface area contributed by atoms with Gasteiger partial charge in [-0.2, -0.15) is 0 Å². The second-order valence-electron chi connectivity index (χ2n) is 2.85. The van der Waals surface area contributed by atoms with Gasteiger partial charge < -0.3 is 4.74 Å². The molecule has 0 aromatic rings. The Morgan fingerprint density at radius 1 is 1.33 bits per heavy atom. The molecule has 2 nitrogen and oxygen atoms in total. The zero-order valence-corrected chi connectivity index (χ0v) is 9.96. The van der Waals surface area contributed by atoms with Crippen molar-refractivity contribution in [3.8, 4) is 0 Å². The van der Waals surface area contributed by atoms with E-state index in [1.165, 1.54) is 0 Å². The molecule has 0 saturated carbocycles. The number of hydrogen-bond acceptors (Lipinski definition) is 2. The number of hydrogen-bond donors (Lipinski definition) is 0. The summed E-state index contributed by atoms with van der Waals surface area (Å²) < 4.78 is 5.43. The second-order valence-corrected chi connectivity index (χ2v) is 3.47. The highest BCUT2D eigenvalue weighted by atomic mass is 127. The maximum absolute atomic E-state index is 11.3. The zero-order valence-electron chi connectivity index (χ0n) is 7.81. The molecule has 0 saturated heterocycles. The summed E-state index contributed by atoms with van der Waals surface area (Å²) in [5, 5.41) is 0. The highest BCUT2D eigenvalue weighted by Gasteiger charge is 2.17. The number of carbonyl (C=O) groups is 1. The Bertz CT molecular complexity index is 120. The summed E-state index contributed by atoms with van der Waals surface area (Å²) in [6, 6.07) is 0. The maximum atomic E-state index is 11.3. The van der Waals surface area contributed by atoms with Crippen LogP contribution in [-0.4, -0.2) is 10.6 Å². The predicted octanol–water partition coefficient (Wildman–Crippen LogP) is 3.14. The van der Waals surface area contributed by atoms with Gasteiger partial charge in [-0.15, -0.1) is 0 Å². The smallest absolute Gasteiger partial charge is 0.309 e. The number of alkyl halides is 1. The van der Waals surface area contributed by atoms with Crippen LogP contribution in [0.3, 0.4) is 0 Å². The minimum atomic E-state index is -0.0203. The number of ether oxygens (including phenoxy) is 1. The van der Waals surface area contributed by atoms with E-state index in [4.69, 9.17) is 4.74 Å². The van der Waals surface area contributed by atoms with Crippen molar-refractivity contribution in [1.29, 1.82) is 0 Å². The highest BCUT2D eigenvalue weighted by Crippen LogP contribution is 2.15. The molecule has 0 aliphatic rings. The molecule has 0 atom stereocenters. The molecular weight excluding hydrogens is 267 g/mol. The van der Waals surface area contributed by atoms with Crippen LogP contribution in [-0.2, 0) is 9.53 Å². The molecule has 3 heteroatoms. The molecule has 12 heavy (non-hydrogen) atoms. The Labute approximate surface area is 88.2 Å². The quantitative estimate of drug-likeness (QED) is 0.425. The summed E-state index contributed by atoms with van der Waals surface area (Å²) >= 11 is 2.05. The van der Waals surface area contributed by atoms with Crippen molar-refractivity contribution in [1.82, 2.24) is 0 Å². The Kier molecular flexibility index (Phi) is 7.96. The van der Waals surface area contributed by atoms with Crippen molar-refractivity contribution in [2.24, 2.45) is 5.92 Å². The summed E-state index contributed by atoms with van der Waals surface area (Å²) in [5.41, 5.74) is 0. The topological polar surface area (TPSA) is 26.3 Å². The standard InChI is InChI=1S/C9H17IO2/c1-3-5-8(6-4-2)9(11)12-7-10/h8H,3-7H2,1-2H3. The van der Waals surface area contributed by atoms with E-state index in [1.54, 1.807) is 0 Å². The number of rotatable bonds is 6. The van der Waals surface area contributed by atoms with Crippen LogP contribution in [0.15, 0.2) is 0 Å². The zero-order chi connectivity index (χ0) is 9.40. The first-order valence-electron chi connectivity index (χ1n) is 4.48. The fourth-order valence-electron chi connectivity index (χ4n) is 1.25. The van der Waals surface area contributed by atoms with E-state index in [9.17, 15) is 4.79 Å². The van der Waals surface area contributed by atoms with Crippen molar-refractivity contribution >= 4 is 28.6 Å². The van der Waals surface area contributed by atoms with Crippen LogP contribution in [0.25, 0.3) is 0 Å². The molecule has 0 aromatic carbocycles. The Morgan fingerprint density at radius 3 is 2.17 bits per heavy atom. The third-order valence-corrected chi connectivity index (χ3v) is 2.12. The van der Waals surface area contributed by atoms with Crippen molar-refractivity contribution in [3.63, 3.8) is 0 Å². The van der Waals surface area contributed by atoms with Crippen LogP contribution in [0.2, 0.25) is 0 Å². The van der Waals surface area contributed by atoms with Gasteiger partial charge in [0.25, 0.3) is 0 Å². The molecule has 0 fully saturated rings. The van der Waals surface area contributed by atoms with Crippen LogP contribution < -0.4 is 0 Å². The minimum absolute atomic E-state index is 0.0203. The van der Waals surface area contributed by atoms with E-state index < -0.39 is 0 Å². The molecule has 0 aliphatic heterocycles. The van der Waals surface area contributed by atoms with Crippen LogP contribution in [0, 0.1) is 5.92 Å². The lowest BCUT2D eigenvalue weighted by Crippen LogP contribution is -2.16. The molecule has 0 heterocycles. The summed E-state index contributed by atoms with van der Waals surface area (Å²) in [7, 11) is 0. The van der Waals surface area contributed by atoms with Crippen molar-refractivity contribution in [3.05, 3.63) is 0 Å². The van der Waals surface area contributed by atoms with Crippen LogP contribution in [0.1, 0.15) is 39.5 Å². The van der Waals surface area contributed by atoms with Gasteiger partial charge in [0.2, 0.25) is 0 Å². The lowest BCUT2D eigenvalue weighted by Gasteiger charge is -2.12. The SMILES string of the molecule is CCCC(CCC)C(=O)OCI. The normalized spacial score (nSPS) is 10.3. The Hall–Kier alpha value is 0.200. The average molecular weight is 284 g/mol. The van der Waals surface area contributed by atoms with E-state index in [0.29, 0.717) is 4.61 Å². The van der Waals surface area contributed by atoms with Gasteiger partial charge in [0.1, 0.15) is 4.61 Å². The van der Waals surface area contributed by atoms with Crippen LogP contribution in [0.5, 0.6) is 0 Å². The summed E-state index contributed by atoms with van der Waals surface area (Å²) in [6.07, 6.45) is 4.04. The third-order valence-electron chi connectivity index (χ3n) is 1.80. The molecular formula is C9H17IO2. The van der Waals surface area contributed by atoms with Gasteiger partial charge >= 0.3 is 5.97 Å². The Morgan fingerprint density at radius 2 is 1.83 bits per heavy atom. The molecule has 0 unspecified atom stereocenters. The van der Waals surface area contributed by atoms with Gasteiger partial charge in [-0.05, 0) is 35.4 Å². The van der Waals surface area contributed by atoms with Crippen LogP contribution >= 0.6 is 22.6 Å². The van der Waals surface area contributed by atoms with Crippen molar-refractivity contribution in [2.75, 3.05) is 4.61 Å². The first-order chi connectivity index (χ1) is 5.76. The average Bonchev–Trinajstić information content (AvgIpc) is 2.04. The van der Waals surface area contributed by atoms with Gasteiger partial charge in [-0.3, -0.25) is 4.79 Å². The first kappa shape index (κ1) is 12.2. The number of carbonyl (C=O) groups excluding carboxylic acids is 1. The molecule has 0 aliphatic carbocycles. The number of halogens is 1. The molecule has 0 N–H and O–H groups in total. The fourth-order valence-corrected chi connectivity index (χ4v) is 1.56. The summed E-state index contributed by atoms with van der Waals surface area (Å²) in [6.45, 7) is 4.19. The third kappa shape index (κ3) is 4.95. The maximum Gasteiger partial charge on any atom is 0.309 e. The molecule has 0 spiro atoms. The number of esters is 1. The molecule has 0 aromatic heterocycles. The van der Waals surface area contributed by atoms with E-state index in [-0.39, 0.29) is 11.9 Å². The Balaban J connectivity index is 3.81. The lowest BCUT2D eigenvalue weighted by molar-refractivity contribution is -0.146. The summed E-state index contributed by atoms with van der Waals surface area (Å²) in [5.74, 6) is 0.114. The molecule has 0 bridgehead atoms. The van der Waals surface area contributed by atoms with Crippen molar-refractivity contribution < 1.29 is 9.53 Å². The predicted molar refractivity (Wildman–Crippen MR) is 58.3 cm³/mol. The summed E-state index contributed by atoms with van der Waals surface area (Å²) in [4.78, 5) is 11.3. The van der Waals surface area contributed by atoms with E-state index >= 15 is 0 Å². The van der Waals surface area contributed by atoms with Gasteiger partial charge in [0, 0.05) is 0 Å².